The van der Waals surface area contributed by atoms with Gasteiger partial charge in [-0.15, -0.1) is 0 Å². The lowest BCUT2D eigenvalue weighted by atomic mass is 9.79. The minimum atomic E-state index is -1.02. The summed E-state index contributed by atoms with van der Waals surface area (Å²) in [7, 11) is 1.65. The highest BCUT2D eigenvalue weighted by molar-refractivity contribution is 5.32. The number of aliphatic hydroxyl groups is 1. The zero-order valence-electron chi connectivity index (χ0n) is 13.1. The Labute approximate surface area is 132 Å². The van der Waals surface area contributed by atoms with Gasteiger partial charge in [0.2, 0.25) is 0 Å². The molecule has 3 heteroatoms. The molecule has 2 atom stereocenters. The van der Waals surface area contributed by atoms with Crippen molar-refractivity contribution < 1.29 is 14.6 Å². The largest absolute Gasteiger partial charge is 0.501 e. The Morgan fingerprint density at radius 1 is 1.32 bits per heavy atom. The molecule has 1 N–H and O–H groups in total. The molecule has 1 aliphatic carbocycles. The smallest absolute Gasteiger partial charge is 0.135 e. The first kappa shape index (κ1) is 15.3. The fourth-order valence-electron chi connectivity index (χ4n) is 3.13. The molecule has 22 heavy (non-hydrogen) atoms. The number of benzene rings is 1. The Hall–Kier alpha value is -1.58. The fraction of sp³-hybridized carbons (Fsp3) is 0.474. The molecule has 0 amide bonds. The van der Waals surface area contributed by atoms with Gasteiger partial charge in [0.25, 0.3) is 0 Å². The summed E-state index contributed by atoms with van der Waals surface area (Å²) in [6, 6.07) is 10.5. The number of allylic oxidation sites excluding steroid dienone is 2. The second-order valence-corrected chi connectivity index (χ2v) is 6.20. The number of aryl methyl sites for hydroxylation is 1. The highest BCUT2D eigenvalue weighted by Gasteiger charge is 2.60. The Morgan fingerprint density at radius 2 is 2.09 bits per heavy atom. The van der Waals surface area contributed by atoms with Gasteiger partial charge in [0.05, 0.1) is 19.5 Å². The van der Waals surface area contributed by atoms with Gasteiger partial charge in [-0.2, -0.15) is 0 Å². The first-order valence-electron chi connectivity index (χ1n) is 8.01. The van der Waals surface area contributed by atoms with Gasteiger partial charge >= 0.3 is 0 Å². The predicted octanol–water partition coefficient (Wildman–Crippen LogP) is 3.39. The molecule has 1 heterocycles. The maximum atomic E-state index is 10.9. The summed E-state index contributed by atoms with van der Waals surface area (Å²) in [5, 5.41) is 10.9. The minimum absolute atomic E-state index is 0.412. The van der Waals surface area contributed by atoms with Gasteiger partial charge in [0.15, 0.2) is 0 Å². The van der Waals surface area contributed by atoms with Gasteiger partial charge in [-0.05, 0) is 37.3 Å². The van der Waals surface area contributed by atoms with E-state index >= 15 is 0 Å². The van der Waals surface area contributed by atoms with Crippen LogP contribution >= 0.6 is 0 Å². The molecule has 0 saturated carbocycles. The van der Waals surface area contributed by atoms with Crippen molar-refractivity contribution >= 4 is 0 Å². The maximum absolute atomic E-state index is 10.9. The van der Waals surface area contributed by atoms with Crippen LogP contribution in [0.1, 0.15) is 31.2 Å². The molecule has 1 fully saturated rings. The highest BCUT2D eigenvalue weighted by atomic mass is 16.6. The predicted molar refractivity (Wildman–Crippen MR) is 86.5 cm³/mol. The summed E-state index contributed by atoms with van der Waals surface area (Å²) in [6.45, 7) is 0.630. The van der Waals surface area contributed by atoms with Crippen LogP contribution in [0.3, 0.4) is 0 Å². The average Bonchev–Trinajstić information content (AvgIpc) is 3.33. The number of rotatable bonds is 6. The molecule has 0 aromatic heterocycles. The van der Waals surface area contributed by atoms with Crippen molar-refractivity contribution in [1.82, 2.24) is 0 Å². The number of unbranched alkanes of at least 4 members (excludes halogenated alkanes) is 1. The summed E-state index contributed by atoms with van der Waals surface area (Å²) in [5.74, 6) is 0.845. The Kier molecular flexibility index (Phi) is 4.37. The van der Waals surface area contributed by atoms with Crippen LogP contribution in [-0.4, -0.2) is 30.0 Å². The molecule has 3 nitrogen and oxygen atoms in total. The number of epoxide rings is 1. The topological polar surface area (TPSA) is 42.0 Å². The van der Waals surface area contributed by atoms with Crippen LogP contribution in [0.2, 0.25) is 0 Å². The van der Waals surface area contributed by atoms with Crippen LogP contribution in [-0.2, 0) is 15.9 Å². The van der Waals surface area contributed by atoms with Gasteiger partial charge in [0.1, 0.15) is 11.2 Å². The Bertz CT molecular complexity index is 557. The van der Waals surface area contributed by atoms with Crippen LogP contribution in [0, 0.1) is 0 Å². The second kappa shape index (κ2) is 6.27. The van der Waals surface area contributed by atoms with Gasteiger partial charge in [0, 0.05) is 6.42 Å². The summed E-state index contributed by atoms with van der Waals surface area (Å²) in [5.41, 5.74) is -0.0790. The molecule has 0 bridgehead atoms. The van der Waals surface area contributed by atoms with Crippen LogP contribution in [0.15, 0.2) is 54.3 Å². The molecule has 2 unspecified atom stereocenters. The van der Waals surface area contributed by atoms with Crippen LogP contribution in [0.25, 0.3) is 0 Å². The van der Waals surface area contributed by atoms with E-state index in [0.717, 1.165) is 37.9 Å². The van der Waals surface area contributed by atoms with E-state index < -0.39 is 11.2 Å². The zero-order valence-corrected chi connectivity index (χ0v) is 13.1. The van der Waals surface area contributed by atoms with Crippen LogP contribution < -0.4 is 0 Å². The molecule has 1 spiro atoms. The first-order valence-corrected chi connectivity index (χ1v) is 8.01. The summed E-state index contributed by atoms with van der Waals surface area (Å²) in [6.07, 6.45) is 10.5. The number of hydrogen-bond acceptors (Lipinski definition) is 3. The third kappa shape index (κ3) is 3.11. The minimum Gasteiger partial charge on any atom is -0.501 e. The molecule has 0 radical (unpaired) electrons. The summed E-state index contributed by atoms with van der Waals surface area (Å²) >= 11 is 0. The monoisotopic (exact) mass is 300 g/mol. The number of ether oxygens (including phenoxy) is 2. The summed E-state index contributed by atoms with van der Waals surface area (Å²) in [4.78, 5) is 0. The lowest BCUT2D eigenvalue weighted by Gasteiger charge is -2.33. The van der Waals surface area contributed by atoms with E-state index in [2.05, 4.69) is 30.3 Å². The molecule has 3 rings (SSSR count). The third-order valence-corrected chi connectivity index (χ3v) is 4.69. The molecule has 1 aliphatic heterocycles. The van der Waals surface area contributed by atoms with Crippen molar-refractivity contribution in [3.05, 3.63) is 59.9 Å². The van der Waals surface area contributed by atoms with E-state index in [1.54, 1.807) is 7.11 Å². The van der Waals surface area contributed by atoms with E-state index in [1.807, 2.05) is 18.2 Å². The third-order valence-electron chi connectivity index (χ3n) is 4.69. The fourth-order valence-corrected chi connectivity index (χ4v) is 3.13. The highest BCUT2D eigenvalue weighted by Crippen LogP contribution is 2.48. The van der Waals surface area contributed by atoms with Crippen molar-refractivity contribution in [1.29, 1.82) is 0 Å². The molecule has 2 aliphatic rings. The first-order chi connectivity index (χ1) is 10.7. The van der Waals surface area contributed by atoms with Gasteiger partial charge in [-0.1, -0.05) is 42.5 Å². The summed E-state index contributed by atoms with van der Waals surface area (Å²) < 4.78 is 10.9. The number of methoxy groups -OCH3 is 1. The van der Waals surface area contributed by atoms with Crippen molar-refractivity contribution in [2.24, 2.45) is 0 Å². The molecule has 1 aromatic carbocycles. The Balaban J connectivity index is 1.56. The zero-order chi connectivity index (χ0) is 15.5. The molecule has 1 saturated heterocycles. The molecule has 1 aromatic rings. The normalized spacial score (nSPS) is 30.5. The molecular weight excluding hydrogens is 276 g/mol. The van der Waals surface area contributed by atoms with Gasteiger partial charge < -0.3 is 14.6 Å². The molecular formula is C19H24O3. The van der Waals surface area contributed by atoms with E-state index in [0.29, 0.717) is 6.61 Å². The second-order valence-electron chi connectivity index (χ2n) is 6.20. The average molecular weight is 300 g/mol. The molecule has 118 valence electrons. The maximum Gasteiger partial charge on any atom is 0.135 e. The lowest BCUT2D eigenvalue weighted by molar-refractivity contribution is 0.0246. The van der Waals surface area contributed by atoms with E-state index in [-0.39, 0.29) is 0 Å². The van der Waals surface area contributed by atoms with Gasteiger partial charge in [-0.25, -0.2) is 0 Å². The van der Waals surface area contributed by atoms with Crippen molar-refractivity contribution in [2.75, 3.05) is 13.7 Å². The Morgan fingerprint density at radius 3 is 2.77 bits per heavy atom. The van der Waals surface area contributed by atoms with E-state index in [9.17, 15) is 5.11 Å². The van der Waals surface area contributed by atoms with Crippen LogP contribution in [0.5, 0.6) is 0 Å². The van der Waals surface area contributed by atoms with Crippen molar-refractivity contribution in [2.45, 2.75) is 43.3 Å². The standard InChI is InChI=1S/C19H24O3/c1-21-17-11-13-19(15-22-19)18(20,14-17)12-7-3-6-10-16-8-4-2-5-9-16/h2,4-5,7-9,12,14,20H,3,6,10-11,13,15H2,1H3. The number of hydrogen-bond donors (Lipinski definition) is 1. The lowest BCUT2D eigenvalue weighted by Crippen LogP contribution is -2.44. The van der Waals surface area contributed by atoms with E-state index in [1.165, 1.54) is 5.56 Å². The quantitative estimate of drug-likeness (QED) is 0.497. The van der Waals surface area contributed by atoms with Crippen LogP contribution in [0.4, 0.5) is 0 Å². The SMILES string of the molecule is COC1=CC(O)(C=CCCCc2ccccc2)C2(CC1)CO2. The van der Waals surface area contributed by atoms with Gasteiger partial charge in [-0.3, -0.25) is 0 Å². The van der Waals surface area contributed by atoms with E-state index in [4.69, 9.17) is 9.47 Å². The van der Waals surface area contributed by atoms with Crippen molar-refractivity contribution in [3.63, 3.8) is 0 Å². The van der Waals surface area contributed by atoms with Crippen molar-refractivity contribution in [3.8, 4) is 0 Å².